The SMILES string of the molecule is O=C(CCc1cc(-c2cnc(C(F)(F)F)nc2)nc(C2CC2)n1)[C@@H]1[C@H]2C[C@H]2CN1S(=O)(=O)c1ccc(F)cc1. The lowest BCUT2D eigenvalue weighted by Gasteiger charge is -2.26. The molecule has 6 rings (SSSR count). The molecule has 3 aliphatic rings. The van der Waals surface area contributed by atoms with Crippen molar-refractivity contribution in [3.8, 4) is 11.3 Å². The van der Waals surface area contributed by atoms with Crippen LogP contribution in [0.1, 0.15) is 48.9 Å². The Morgan fingerprint density at radius 2 is 1.74 bits per heavy atom. The number of aromatic nitrogens is 4. The van der Waals surface area contributed by atoms with E-state index in [1.807, 2.05) is 0 Å². The molecule has 13 heteroatoms. The summed E-state index contributed by atoms with van der Waals surface area (Å²) in [6.07, 6.45) is 0.291. The summed E-state index contributed by atoms with van der Waals surface area (Å²) in [5.41, 5.74) is 1.20. The Bertz CT molecular complexity index is 1530. The van der Waals surface area contributed by atoms with E-state index in [0.29, 0.717) is 22.8 Å². The van der Waals surface area contributed by atoms with Crippen molar-refractivity contribution in [2.45, 2.75) is 55.1 Å². The van der Waals surface area contributed by atoms with Gasteiger partial charge in [0.2, 0.25) is 15.8 Å². The molecule has 204 valence electrons. The number of carbonyl (C=O) groups is 1. The molecule has 3 aromatic rings. The van der Waals surface area contributed by atoms with Crippen LogP contribution in [-0.4, -0.2) is 51.0 Å². The number of aryl methyl sites for hydroxylation is 1. The summed E-state index contributed by atoms with van der Waals surface area (Å²) in [5, 5.41) is 0. The van der Waals surface area contributed by atoms with Crippen LogP contribution in [0.3, 0.4) is 0 Å². The van der Waals surface area contributed by atoms with Crippen LogP contribution in [0.5, 0.6) is 0 Å². The van der Waals surface area contributed by atoms with E-state index in [-0.39, 0.29) is 47.8 Å². The van der Waals surface area contributed by atoms with Crippen LogP contribution in [0.25, 0.3) is 11.3 Å². The van der Waals surface area contributed by atoms with E-state index in [4.69, 9.17) is 0 Å². The topological polar surface area (TPSA) is 106 Å². The van der Waals surface area contributed by atoms with Crippen LogP contribution < -0.4 is 0 Å². The molecular formula is C26H23F4N5O3S. The largest absolute Gasteiger partial charge is 0.451 e. The van der Waals surface area contributed by atoms with Crippen molar-refractivity contribution in [1.82, 2.24) is 24.2 Å². The molecule has 39 heavy (non-hydrogen) atoms. The molecule has 2 aliphatic carbocycles. The smallest absolute Gasteiger partial charge is 0.298 e. The number of sulfonamides is 1. The Morgan fingerprint density at radius 1 is 1.05 bits per heavy atom. The summed E-state index contributed by atoms with van der Waals surface area (Å²) in [6, 6.07) is 5.36. The van der Waals surface area contributed by atoms with Crippen LogP contribution in [0.4, 0.5) is 17.6 Å². The maximum Gasteiger partial charge on any atom is 0.451 e. The molecule has 3 atom stereocenters. The summed E-state index contributed by atoms with van der Waals surface area (Å²) in [7, 11) is -3.98. The van der Waals surface area contributed by atoms with Gasteiger partial charge in [-0.2, -0.15) is 17.5 Å². The summed E-state index contributed by atoms with van der Waals surface area (Å²) in [4.78, 5) is 29.2. The number of benzene rings is 1. The Balaban J connectivity index is 1.21. The molecule has 0 N–H and O–H groups in total. The zero-order chi connectivity index (χ0) is 27.5. The summed E-state index contributed by atoms with van der Waals surface area (Å²) in [5.74, 6) is -1.24. The second kappa shape index (κ2) is 9.40. The van der Waals surface area contributed by atoms with Gasteiger partial charge in [0.05, 0.1) is 16.6 Å². The van der Waals surface area contributed by atoms with Crippen molar-refractivity contribution in [3.05, 3.63) is 65.9 Å². The molecular weight excluding hydrogens is 538 g/mol. The van der Waals surface area contributed by atoms with Gasteiger partial charge in [0, 0.05) is 42.5 Å². The van der Waals surface area contributed by atoms with E-state index < -0.39 is 33.9 Å². The number of alkyl halides is 3. The lowest BCUT2D eigenvalue weighted by atomic mass is 10.0. The zero-order valence-electron chi connectivity index (χ0n) is 20.5. The van der Waals surface area contributed by atoms with Crippen LogP contribution in [0.2, 0.25) is 0 Å². The van der Waals surface area contributed by atoms with E-state index in [2.05, 4.69) is 19.9 Å². The number of piperidine rings is 1. The van der Waals surface area contributed by atoms with Gasteiger partial charge >= 0.3 is 6.18 Å². The van der Waals surface area contributed by atoms with E-state index in [0.717, 1.165) is 43.8 Å². The number of halogens is 4. The maximum atomic E-state index is 13.4. The van der Waals surface area contributed by atoms with Gasteiger partial charge in [0.1, 0.15) is 11.6 Å². The summed E-state index contributed by atoms with van der Waals surface area (Å²) in [6.45, 7) is 0.248. The quantitative estimate of drug-likeness (QED) is 0.380. The van der Waals surface area contributed by atoms with Gasteiger partial charge in [-0.05, 0) is 67.9 Å². The lowest BCUT2D eigenvalue weighted by Crippen LogP contribution is -2.43. The van der Waals surface area contributed by atoms with Gasteiger partial charge in [0.25, 0.3) is 0 Å². The first-order chi connectivity index (χ1) is 18.5. The van der Waals surface area contributed by atoms with Gasteiger partial charge < -0.3 is 0 Å². The fourth-order valence-corrected chi connectivity index (χ4v) is 6.85. The Hall–Kier alpha value is -3.32. The van der Waals surface area contributed by atoms with Crippen LogP contribution in [-0.2, 0) is 27.4 Å². The number of carbonyl (C=O) groups excluding carboxylic acids is 1. The van der Waals surface area contributed by atoms with Crippen molar-refractivity contribution in [2.24, 2.45) is 11.8 Å². The monoisotopic (exact) mass is 561 g/mol. The second-order valence-electron chi connectivity index (χ2n) is 10.3. The fourth-order valence-electron chi connectivity index (χ4n) is 5.14. The highest BCUT2D eigenvalue weighted by Gasteiger charge is 2.58. The van der Waals surface area contributed by atoms with Gasteiger partial charge in [0.15, 0.2) is 5.78 Å². The number of nitrogens with zero attached hydrogens (tertiary/aromatic N) is 5. The van der Waals surface area contributed by atoms with Crippen LogP contribution >= 0.6 is 0 Å². The van der Waals surface area contributed by atoms with Crippen molar-refractivity contribution in [1.29, 1.82) is 0 Å². The minimum atomic E-state index is -4.66. The highest BCUT2D eigenvalue weighted by Crippen LogP contribution is 2.51. The predicted molar refractivity (Wildman–Crippen MR) is 129 cm³/mol. The van der Waals surface area contributed by atoms with Gasteiger partial charge in [-0.3, -0.25) is 4.79 Å². The molecule has 0 radical (unpaired) electrons. The predicted octanol–water partition coefficient (Wildman–Crippen LogP) is 4.18. The Kier molecular flexibility index (Phi) is 6.25. The third kappa shape index (κ3) is 5.17. The average molecular weight is 562 g/mol. The minimum Gasteiger partial charge on any atom is -0.298 e. The molecule has 0 amide bonds. The number of ketones is 1. The van der Waals surface area contributed by atoms with Gasteiger partial charge in [-0.15, -0.1) is 0 Å². The third-order valence-electron chi connectivity index (χ3n) is 7.43. The molecule has 3 fully saturated rings. The molecule has 2 saturated carbocycles. The maximum absolute atomic E-state index is 13.4. The Morgan fingerprint density at radius 3 is 2.38 bits per heavy atom. The van der Waals surface area contributed by atoms with Crippen LogP contribution in [0, 0.1) is 17.7 Å². The fraction of sp³-hybridized carbons (Fsp3) is 0.423. The van der Waals surface area contributed by atoms with E-state index in [1.54, 1.807) is 6.07 Å². The van der Waals surface area contributed by atoms with Crippen molar-refractivity contribution >= 4 is 15.8 Å². The molecule has 0 unspecified atom stereocenters. The summed E-state index contributed by atoms with van der Waals surface area (Å²) >= 11 is 0. The molecule has 0 bridgehead atoms. The van der Waals surface area contributed by atoms with E-state index in [1.165, 1.54) is 16.4 Å². The third-order valence-corrected chi connectivity index (χ3v) is 9.29. The number of rotatable bonds is 8. The molecule has 0 spiro atoms. The van der Waals surface area contributed by atoms with Crippen LogP contribution in [0.15, 0.2) is 47.6 Å². The molecule has 1 saturated heterocycles. The zero-order valence-corrected chi connectivity index (χ0v) is 21.3. The molecule has 1 aromatic carbocycles. The average Bonchev–Trinajstić information content (AvgIpc) is 3.84. The highest BCUT2D eigenvalue weighted by molar-refractivity contribution is 7.89. The first-order valence-corrected chi connectivity index (χ1v) is 14.0. The molecule has 2 aromatic heterocycles. The van der Waals surface area contributed by atoms with E-state index in [9.17, 15) is 30.8 Å². The van der Waals surface area contributed by atoms with E-state index >= 15 is 0 Å². The lowest BCUT2D eigenvalue weighted by molar-refractivity contribution is -0.145. The van der Waals surface area contributed by atoms with Gasteiger partial charge in [-0.1, -0.05) is 0 Å². The number of Topliss-reactive ketones (excluding diaryl/α,β-unsaturated/α-hetero) is 1. The highest BCUT2D eigenvalue weighted by atomic mass is 32.2. The summed E-state index contributed by atoms with van der Waals surface area (Å²) < 4.78 is 79.7. The standard InChI is InChI=1S/C26H23F4N5O3S/c27-17-3-6-19(7-4-17)39(37,38)35-13-15-9-20(15)23(35)22(36)8-5-18-10-21(34-24(33-18)14-1-2-14)16-11-31-25(32-12-16)26(28,29)30/h3-4,6-7,10-12,14-15,20,23H,1-2,5,8-9,13H2/t15-,20-,23-/m0/s1. The van der Waals surface area contributed by atoms with Crippen molar-refractivity contribution in [2.75, 3.05) is 6.54 Å². The molecule has 8 nitrogen and oxygen atoms in total. The molecule has 1 aliphatic heterocycles. The number of hydrogen-bond acceptors (Lipinski definition) is 7. The normalized spacial score (nSPS) is 23.0. The minimum absolute atomic E-state index is 0.0351. The van der Waals surface area contributed by atoms with Crippen molar-refractivity contribution in [3.63, 3.8) is 0 Å². The number of fused-ring (bicyclic) bond motifs is 1. The first-order valence-electron chi connectivity index (χ1n) is 12.6. The van der Waals surface area contributed by atoms with Crippen molar-refractivity contribution < 1.29 is 30.8 Å². The van der Waals surface area contributed by atoms with Gasteiger partial charge in [-0.25, -0.2) is 32.7 Å². The number of hydrogen-bond donors (Lipinski definition) is 0. The molecule has 3 heterocycles. The Labute approximate surface area is 221 Å². The first kappa shape index (κ1) is 25.9. The second-order valence-corrected chi connectivity index (χ2v) is 12.2.